The number of halogens is 1. The molecule has 0 aromatic heterocycles. The predicted molar refractivity (Wildman–Crippen MR) is 80.9 cm³/mol. The molecule has 3 nitrogen and oxygen atoms in total. The number of piperidine rings is 1. The van der Waals surface area contributed by atoms with E-state index in [0.29, 0.717) is 5.41 Å². The maximum absolute atomic E-state index is 5.57. The molecule has 3 aliphatic rings. The Morgan fingerprint density at radius 2 is 2.21 bits per heavy atom. The summed E-state index contributed by atoms with van der Waals surface area (Å²) in [4.78, 5) is 2.74. The molecule has 3 unspecified atom stereocenters. The van der Waals surface area contributed by atoms with E-state index in [1.807, 2.05) is 0 Å². The van der Waals surface area contributed by atoms with Gasteiger partial charge in [0.05, 0.1) is 0 Å². The lowest BCUT2D eigenvalue weighted by molar-refractivity contribution is 0.0875. The van der Waals surface area contributed by atoms with Crippen molar-refractivity contribution in [3.05, 3.63) is 0 Å². The minimum Gasteiger partial charge on any atom is -0.381 e. The number of ether oxygens (including phenoxy) is 1. The maximum atomic E-state index is 5.57. The van der Waals surface area contributed by atoms with Crippen molar-refractivity contribution in [1.29, 1.82) is 0 Å². The zero-order valence-electron chi connectivity index (χ0n) is 12.2. The monoisotopic (exact) mass is 288 g/mol. The van der Waals surface area contributed by atoms with Gasteiger partial charge in [-0.2, -0.15) is 0 Å². The van der Waals surface area contributed by atoms with Gasteiger partial charge < -0.3 is 15.0 Å². The number of rotatable bonds is 3. The van der Waals surface area contributed by atoms with E-state index in [9.17, 15) is 0 Å². The summed E-state index contributed by atoms with van der Waals surface area (Å²) < 4.78 is 5.57. The Kier molecular flexibility index (Phi) is 5.53. The molecule has 1 N–H and O–H groups in total. The van der Waals surface area contributed by atoms with E-state index in [1.54, 1.807) is 0 Å². The Morgan fingerprint density at radius 1 is 1.32 bits per heavy atom. The molecule has 3 heterocycles. The topological polar surface area (TPSA) is 24.5 Å². The second-order valence-corrected chi connectivity index (χ2v) is 7.00. The quantitative estimate of drug-likeness (QED) is 0.861. The fourth-order valence-corrected chi connectivity index (χ4v) is 4.09. The molecule has 3 aliphatic heterocycles. The standard InChI is InChI=1S/C15H28N2O.ClH/c1-15(5-6-16-11-15)12-17-7-2-3-13(9-17)14-4-8-18-10-14;/h13-14,16H,2-12H2,1H3;1H. The molecular weight excluding hydrogens is 260 g/mol. The first-order valence-electron chi connectivity index (χ1n) is 7.76. The van der Waals surface area contributed by atoms with Crippen LogP contribution in [-0.4, -0.2) is 50.8 Å². The maximum Gasteiger partial charge on any atom is 0.0498 e. The van der Waals surface area contributed by atoms with Crippen LogP contribution in [-0.2, 0) is 4.74 Å². The minimum atomic E-state index is 0. The van der Waals surface area contributed by atoms with Gasteiger partial charge in [0, 0.05) is 32.8 Å². The van der Waals surface area contributed by atoms with Crippen molar-refractivity contribution < 1.29 is 4.74 Å². The third-order valence-electron chi connectivity index (χ3n) is 5.24. The number of nitrogens with zero attached hydrogens (tertiary/aromatic N) is 1. The lowest BCUT2D eigenvalue weighted by atomic mass is 9.83. The van der Waals surface area contributed by atoms with Crippen LogP contribution in [0.2, 0.25) is 0 Å². The zero-order chi connectivity index (χ0) is 12.4. The van der Waals surface area contributed by atoms with Gasteiger partial charge in [-0.3, -0.25) is 0 Å². The summed E-state index contributed by atoms with van der Waals surface area (Å²) in [5.41, 5.74) is 0.522. The summed E-state index contributed by atoms with van der Waals surface area (Å²) >= 11 is 0. The molecule has 0 radical (unpaired) electrons. The molecule has 3 rings (SSSR count). The molecule has 3 saturated heterocycles. The van der Waals surface area contributed by atoms with Gasteiger partial charge in [0.1, 0.15) is 0 Å². The van der Waals surface area contributed by atoms with Gasteiger partial charge in [0.15, 0.2) is 0 Å². The minimum absolute atomic E-state index is 0. The SMILES string of the molecule is CC1(CN2CCCC(C3CCOC3)C2)CCNC1.Cl. The average Bonchev–Trinajstić information content (AvgIpc) is 3.01. The van der Waals surface area contributed by atoms with Crippen molar-refractivity contribution in [3.63, 3.8) is 0 Å². The van der Waals surface area contributed by atoms with Crippen LogP contribution in [0.25, 0.3) is 0 Å². The highest BCUT2D eigenvalue weighted by atomic mass is 35.5. The van der Waals surface area contributed by atoms with E-state index in [0.717, 1.165) is 25.0 Å². The summed E-state index contributed by atoms with van der Waals surface area (Å²) in [5, 5.41) is 3.52. The summed E-state index contributed by atoms with van der Waals surface area (Å²) in [6, 6.07) is 0. The molecule has 0 bridgehead atoms. The van der Waals surface area contributed by atoms with E-state index in [2.05, 4.69) is 17.1 Å². The Balaban J connectivity index is 0.00000133. The van der Waals surface area contributed by atoms with Crippen molar-refractivity contribution in [1.82, 2.24) is 10.2 Å². The van der Waals surface area contributed by atoms with Crippen LogP contribution in [0.1, 0.15) is 32.6 Å². The molecule has 0 aliphatic carbocycles. The molecule has 3 atom stereocenters. The van der Waals surface area contributed by atoms with Crippen molar-refractivity contribution in [2.24, 2.45) is 17.3 Å². The van der Waals surface area contributed by atoms with E-state index < -0.39 is 0 Å². The molecular formula is C15H29ClN2O. The molecule has 3 fully saturated rings. The zero-order valence-corrected chi connectivity index (χ0v) is 13.0. The van der Waals surface area contributed by atoms with Crippen LogP contribution in [0.5, 0.6) is 0 Å². The Labute approximate surface area is 123 Å². The van der Waals surface area contributed by atoms with E-state index in [4.69, 9.17) is 4.74 Å². The lowest BCUT2D eigenvalue weighted by Crippen LogP contribution is -2.44. The van der Waals surface area contributed by atoms with Crippen LogP contribution >= 0.6 is 12.4 Å². The van der Waals surface area contributed by atoms with Crippen LogP contribution < -0.4 is 5.32 Å². The summed E-state index contributed by atoms with van der Waals surface area (Å²) in [7, 11) is 0. The van der Waals surface area contributed by atoms with Crippen molar-refractivity contribution >= 4 is 12.4 Å². The van der Waals surface area contributed by atoms with Crippen LogP contribution in [0, 0.1) is 17.3 Å². The summed E-state index contributed by atoms with van der Waals surface area (Å²) in [6.45, 7) is 10.8. The largest absolute Gasteiger partial charge is 0.381 e. The molecule has 19 heavy (non-hydrogen) atoms. The first-order chi connectivity index (χ1) is 8.75. The van der Waals surface area contributed by atoms with Crippen molar-refractivity contribution in [2.75, 3.05) is 45.9 Å². The van der Waals surface area contributed by atoms with Gasteiger partial charge in [0.25, 0.3) is 0 Å². The Morgan fingerprint density at radius 3 is 2.89 bits per heavy atom. The molecule has 112 valence electrons. The normalized spacial score (nSPS) is 40.3. The third-order valence-corrected chi connectivity index (χ3v) is 5.24. The second-order valence-electron chi connectivity index (χ2n) is 7.00. The van der Waals surface area contributed by atoms with Crippen LogP contribution in [0.3, 0.4) is 0 Å². The van der Waals surface area contributed by atoms with Gasteiger partial charge in [-0.15, -0.1) is 12.4 Å². The smallest absolute Gasteiger partial charge is 0.0498 e. The van der Waals surface area contributed by atoms with Gasteiger partial charge in [0.2, 0.25) is 0 Å². The van der Waals surface area contributed by atoms with Crippen molar-refractivity contribution in [2.45, 2.75) is 32.6 Å². The average molecular weight is 289 g/mol. The van der Waals surface area contributed by atoms with Crippen LogP contribution in [0.15, 0.2) is 0 Å². The number of hydrogen-bond acceptors (Lipinski definition) is 3. The molecule has 0 spiro atoms. The molecule has 0 aromatic rings. The van der Waals surface area contributed by atoms with Gasteiger partial charge in [-0.25, -0.2) is 0 Å². The fourth-order valence-electron chi connectivity index (χ4n) is 4.09. The lowest BCUT2D eigenvalue weighted by Gasteiger charge is -2.39. The third kappa shape index (κ3) is 3.84. The van der Waals surface area contributed by atoms with E-state index in [1.165, 1.54) is 58.4 Å². The molecule has 4 heteroatoms. The second kappa shape index (κ2) is 6.75. The molecule has 0 amide bonds. The van der Waals surface area contributed by atoms with E-state index in [-0.39, 0.29) is 12.4 Å². The van der Waals surface area contributed by atoms with Crippen LogP contribution in [0.4, 0.5) is 0 Å². The number of hydrogen-bond donors (Lipinski definition) is 1. The molecule has 0 aromatic carbocycles. The number of nitrogens with one attached hydrogen (secondary N) is 1. The van der Waals surface area contributed by atoms with Gasteiger partial charge in [-0.05, 0) is 56.0 Å². The highest BCUT2D eigenvalue weighted by Gasteiger charge is 2.34. The predicted octanol–water partition coefficient (Wildman–Crippen LogP) is 2.16. The van der Waals surface area contributed by atoms with Gasteiger partial charge in [-0.1, -0.05) is 6.92 Å². The Bertz CT molecular complexity index is 275. The van der Waals surface area contributed by atoms with Gasteiger partial charge >= 0.3 is 0 Å². The fraction of sp³-hybridized carbons (Fsp3) is 1.00. The number of likely N-dealkylation sites (tertiary alicyclic amines) is 1. The van der Waals surface area contributed by atoms with E-state index >= 15 is 0 Å². The Hall–Kier alpha value is 0.170. The summed E-state index contributed by atoms with van der Waals surface area (Å²) in [5.74, 6) is 1.75. The molecule has 0 saturated carbocycles. The van der Waals surface area contributed by atoms with Crippen molar-refractivity contribution in [3.8, 4) is 0 Å². The first kappa shape index (κ1) is 15.6. The summed E-state index contributed by atoms with van der Waals surface area (Å²) in [6.07, 6.45) is 5.47. The highest BCUT2D eigenvalue weighted by Crippen LogP contribution is 2.32. The first-order valence-corrected chi connectivity index (χ1v) is 7.76. The highest BCUT2D eigenvalue weighted by molar-refractivity contribution is 5.85.